The van der Waals surface area contributed by atoms with Crippen molar-refractivity contribution < 1.29 is 9.47 Å². The van der Waals surface area contributed by atoms with E-state index in [0.29, 0.717) is 18.6 Å². The summed E-state index contributed by atoms with van der Waals surface area (Å²) < 4.78 is 11.1. The fourth-order valence-corrected chi connectivity index (χ4v) is 3.85. The topological polar surface area (TPSA) is 72.4 Å². The fraction of sp³-hybridized carbons (Fsp3) is 0.375. The van der Waals surface area contributed by atoms with Gasteiger partial charge in [0.2, 0.25) is 5.95 Å². The number of pyridine rings is 1. The van der Waals surface area contributed by atoms with Gasteiger partial charge in [-0.05, 0) is 43.5 Å². The predicted octanol–water partition coefficient (Wildman–Crippen LogP) is 4.02. The Hall–Kier alpha value is -3.19. The summed E-state index contributed by atoms with van der Waals surface area (Å²) in [5.74, 6) is 2.27. The van der Waals surface area contributed by atoms with Crippen LogP contribution in [0.4, 0.5) is 5.95 Å². The van der Waals surface area contributed by atoms with Gasteiger partial charge >= 0.3 is 0 Å². The molecule has 0 aliphatic carbocycles. The first kappa shape index (κ1) is 21.1. The molecule has 0 bridgehead atoms. The summed E-state index contributed by atoms with van der Waals surface area (Å²) >= 11 is 0. The Balaban J connectivity index is 1.28. The Morgan fingerprint density at radius 2 is 1.84 bits per heavy atom. The maximum absolute atomic E-state index is 5.71. The van der Waals surface area contributed by atoms with Crippen LogP contribution in [0, 0.1) is 0 Å². The van der Waals surface area contributed by atoms with Crippen LogP contribution in [0.15, 0.2) is 55.1 Å². The van der Waals surface area contributed by atoms with E-state index in [0.717, 1.165) is 55.1 Å². The van der Waals surface area contributed by atoms with Gasteiger partial charge in [0, 0.05) is 61.6 Å². The van der Waals surface area contributed by atoms with Crippen LogP contribution in [-0.2, 0) is 6.54 Å². The maximum atomic E-state index is 5.71. The zero-order chi connectivity index (χ0) is 21.5. The van der Waals surface area contributed by atoms with Crippen LogP contribution in [0.1, 0.15) is 25.3 Å². The van der Waals surface area contributed by atoms with Crippen LogP contribution in [0.5, 0.6) is 11.5 Å². The Bertz CT molecular complexity index is 957. The molecular formula is C24H29N5O2. The normalized spacial score (nSPS) is 14.9. The van der Waals surface area contributed by atoms with E-state index >= 15 is 0 Å². The standard InChI is InChI=1S/C24H29N5O2/c1-3-31-23-13-18(6-7-22(23)30-2)17-29-11-8-21(9-12-29)28-24-26-15-20(16-27-24)19-5-4-10-25-14-19/h4-7,10,13-16,21H,3,8-9,11-12,17H2,1-2H3,(H,26,27,28). The van der Waals surface area contributed by atoms with Crippen LogP contribution in [0.25, 0.3) is 11.1 Å². The molecule has 31 heavy (non-hydrogen) atoms. The van der Waals surface area contributed by atoms with Crippen LogP contribution in [0.3, 0.4) is 0 Å². The quantitative estimate of drug-likeness (QED) is 0.591. The van der Waals surface area contributed by atoms with Crippen molar-refractivity contribution in [1.29, 1.82) is 0 Å². The zero-order valence-corrected chi connectivity index (χ0v) is 18.1. The van der Waals surface area contributed by atoms with E-state index in [1.807, 2.05) is 43.7 Å². The summed E-state index contributed by atoms with van der Waals surface area (Å²) in [5.41, 5.74) is 3.23. The molecule has 0 atom stereocenters. The number of nitrogens with one attached hydrogen (secondary N) is 1. The van der Waals surface area contributed by atoms with E-state index in [1.54, 1.807) is 13.3 Å². The van der Waals surface area contributed by atoms with Crippen molar-refractivity contribution in [2.24, 2.45) is 0 Å². The number of anilines is 1. The minimum Gasteiger partial charge on any atom is -0.493 e. The number of hydrogen-bond acceptors (Lipinski definition) is 7. The number of nitrogens with zero attached hydrogens (tertiary/aromatic N) is 4. The van der Waals surface area contributed by atoms with Crippen LogP contribution in [0.2, 0.25) is 0 Å². The number of aromatic nitrogens is 3. The molecular weight excluding hydrogens is 390 g/mol. The molecule has 0 saturated carbocycles. The third-order valence-electron chi connectivity index (χ3n) is 5.50. The molecule has 0 radical (unpaired) electrons. The van der Waals surface area contributed by atoms with Crippen molar-refractivity contribution in [3.8, 4) is 22.6 Å². The van der Waals surface area contributed by atoms with Gasteiger partial charge in [-0.3, -0.25) is 9.88 Å². The molecule has 7 heteroatoms. The number of hydrogen-bond donors (Lipinski definition) is 1. The molecule has 1 aromatic carbocycles. The van der Waals surface area contributed by atoms with Crippen molar-refractivity contribution in [3.63, 3.8) is 0 Å². The molecule has 1 N–H and O–H groups in total. The fourth-order valence-electron chi connectivity index (χ4n) is 3.85. The molecule has 7 nitrogen and oxygen atoms in total. The zero-order valence-electron chi connectivity index (χ0n) is 18.1. The highest BCUT2D eigenvalue weighted by Crippen LogP contribution is 2.29. The van der Waals surface area contributed by atoms with Crippen molar-refractivity contribution in [2.45, 2.75) is 32.4 Å². The van der Waals surface area contributed by atoms with Gasteiger partial charge < -0.3 is 14.8 Å². The molecule has 1 fully saturated rings. The van der Waals surface area contributed by atoms with E-state index < -0.39 is 0 Å². The van der Waals surface area contributed by atoms with Crippen molar-refractivity contribution in [2.75, 3.05) is 32.1 Å². The van der Waals surface area contributed by atoms with E-state index in [-0.39, 0.29) is 0 Å². The Kier molecular flexibility index (Phi) is 6.94. The van der Waals surface area contributed by atoms with Gasteiger partial charge in [-0.25, -0.2) is 9.97 Å². The van der Waals surface area contributed by atoms with Gasteiger partial charge in [0.15, 0.2) is 11.5 Å². The molecule has 0 spiro atoms. The van der Waals surface area contributed by atoms with Crippen molar-refractivity contribution >= 4 is 5.95 Å². The number of likely N-dealkylation sites (tertiary alicyclic amines) is 1. The van der Waals surface area contributed by atoms with Gasteiger partial charge in [-0.1, -0.05) is 12.1 Å². The molecule has 3 aromatic rings. The molecule has 162 valence electrons. The first-order chi connectivity index (χ1) is 15.2. The molecule has 1 aliphatic rings. The van der Waals surface area contributed by atoms with Gasteiger partial charge in [-0.15, -0.1) is 0 Å². The first-order valence-electron chi connectivity index (χ1n) is 10.8. The Morgan fingerprint density at radius 1 is 1.03 bits per heavy atom. The Labute approximate surface area is 183 Å². The van der Waals surface area contributed by atoms with E-state index in [4.69, 9.17) is 9.47 Å². The maximum Gasteiger partial charge on any atom is 0.222 e. The molecule has 2 aromatic heterocycles. The number of benzene rings is 1. The number of rotatable bonds is 8. The Morgan fingerprint density at radius 3 is 2.52 bits per heavy atom. The van der Waals surface area contributed by atoms with Crippen LogP contribution < -0.4 is 14.8 Å². The largest absolute Gasteiger partial charge is 0.493 e. The highest BCUT2D eigenvalue weighted by atomic mass is 16.5. The molecule has 1 aliphatic heterocycles. The lowest BCUT2D eigenvalue weighted by Crippen LogP contribution is -2.38. The second-order valence-electron chi connectivity index (χ2n) is 7.65. The minimum absolute atomic E-state index is 0.385. The molecule has 0 unspecified atom stereocenters. The van der Waals surface area contributed by atoms with Gasteiger partial charge in [0.25, 0.3) is 0 Å². The second kappa shape index (κ2) is 10.2. The molecule has 4 rings (SSSR count). The van der Waals surface area contributed by atoms with E-state index in [9.17, 15) is 0 Å². The third-order valence-corrected chi connectivity index (χ3v) is 5.50. The van der Waals surface area contributed by atoms with Crippen molar-refractivity contribution in [3.05, 3.63) is 60.7 Å². The minimum atomic E-state index is 0.385. The highest BCUT2D eigenvalue weighted by Gasteiger charge is 2.20. The van der Waals surface area contributed by atoms with E-state index in [2.05, 4.69) is 37.3 Å². The molecule has 1 saturated heterocycles. The van der Waals surface area contributed by atoms with E-state index in [1.165, 1.54) is 5.56 Å². The summed E-state index contributed by atoms with van der Waals surface area (Å²) in [7, 11) is 1.67. The number of ether oxygens (including phenoxy) is 2. The molecule has 0 amide bonds. The average molecular weight is 420 g/mol. The highest BCUT2D eigenvalue weighted by molar-refractivity contribution is 5.60. The summed E-state index contributed by atoms with van der Waals surface area (Å²) in [4.78, 5) is 15.6. The summed E-state index contributed by atoms with van der Waals surface area (Å²) in [5, 5.41) is 3.48. The lowest BCUT2D eigenvalue weighted by Gasteiger charge is -2.32. The lowest BCUT2D eigenvalue weighted by molar-refractivity contribution is 0.210. The second-order valence-corrected chi connectivity index (χ2v) is 7.65. The summed E-state index contributed by atoms with van der Waals surface area (Å²) in [6.07, 6.45) is 9.40. The number of piperidine rings is 1. The predicted molar refractivity (Wildman–Crippen MR) is 121 cm³/mol. The first-order valence-corrected chi connectivity index (χ1v) is 10.8. The van der Waals surface area contributed by atoms with Crippen LogP contribution in [-0.4, -0.2) is 52.7 Å². The smallest absolute Gasteiger partial charge is 0.222 e. The third kappa shape index (κ3) is 5.49. The van der Waals surface area contributed by atoms with Gasteiger partial charge in [-0.2, -0.15) is 0 Å². The average Bonchev–Trinajstić information content (AvgIpc) is 2.82. The van der Waals surface area contributed by atoms with Crippen molar-refractivity contribution in [1.82, 2.24) is 19.9 Å². The molecule has 3 heterocycles. The SMILES string of the molecule is CCOc1cc(CN2CCC(Nc3ncc(-c4cccnc4)cn3)CC2)ccc1OC. The van der Waals surface area contributed by atoms with Gasteiger partial charge in [0.05, 0.1) is 13.7 Å². The summed E-state index contributed by atoms with van der Waals surface area (Å²) in [6.45, 7) is 5.58. The number of methoxy groups -OCH3 is 1. The summed E-state index contributed by atoms with van der Waals surface area (Å²) in [6, 6.07) is 10.5. The van der Waals surface area contributed by atoms with Crippen LogP contribution >= 0.6 is 0 Å². The van der Waals surface area contributed by atoms with Gasteiger partial charge in [0.1, 0.15) is 0 Å². The lowest BCUT2D eigenvalue weighted by atomic mass is 10.0. The monoisotopic (exact) mass is 419 g/mol.